The number of rotatable bonds is 3. The molecule has 2 aliphatic heterocycles. The van der Waals surface area contributed by atoms with E-state index >= 15 is 0 Å². The van der Waals surface area contributed by atoms with Gasteiger partial charge in [-0.1, -0.05) is 6.08 Å². The van der Waals surface area contributed by atoms with E-state index in [9.17, 15) is 14.4 Å². The third-order valence-electron chi connectivity index (χ3n) is 2.55. The van der Waals surface area contributed by atoms with Gasteiger partial charge in [-0.25, -0.2) is 9.59 Å². The largest absolute Gasteiger partial charge is 0.480 e. The number of thioether (sulfide) groups is 1. The molecule has 2 fully saturated rings. The van der Waals surface area contributed by atoms with Gasteiger partial charge in [-0.15, -0.1) is 11.8 Å². The summed E-state index contributed by atoms with van der Waals surface area (Å²) in [5.74, 6) is -2.40. The minimum Gasteiger partial charge on any atom is -0.480 e. The van der Waals surface area contributed by atoms with E-state index in [2.05, 4.69) is 0 Å². The molecule has 86 valence electrons. The Bertz CT molecular complexity index is 393. The Labute approximate surface area is 94.9 Å². The average molecular weight is 243 g/mol. The van der Waals surface area contributed by atoms with E-state index < -0.39 is 23.2 Å². The van der Waals surface area contributed by atoms with Crippen LogP contribution in [-0.2, 0) is 14.4 Å². The van der Waals surface area contributed by atoms with Crippen LogP contribution in [0.2, 0.25) is 0 Å². The highest BCUT2D eigenvalue weighted by atomic mass is 32.2. The van der Waals surface area contributed by atoms with Crippen molar-refractivity contribution in [3.63, 3.8) is 0 Å². The van der Waals surface area contributed by atoms with Gasteiger partial charge in [-0.3, -0.25) is 4.79 Å². The van der Waals surface area contributed by atoms with Crippen LogP contribution < -0.4 is 0 Å². The van der Waals surface area contributed by atoms with E-state index in [0.29, 0.717) is 6.42 Å². The van der Waals surface area contributed by atoms with Crippen LogP contribution in [0.5, 0.6) is 0 Å². The quantitative estimate of drug-likeness (QED) is 0.524. The summed E-state index contributed by atoms with van der Waals surface area (Å²) in [6.45, 7) is 0. The van der Waals surface area contributed by atoms with Crippen LogP contribution in [0.1, 0.15) is 6.42 Å². The maximum Gasteiger partial charge on any atom is 0.328 e. The summed E-state index contributed by atoms with van der Waals surface area (Å²) in [7, 11) is 0. The van der Waals surface area contributed by atoms with Gasteiger partial charge in [0.05, 0.1) is 17.0 Å². The van der Waals surface area contributed by atoms with Crippen LogP contribution in [0.4, 0.5) is 0 Å². The molecule has 0 saturated carbocycles. The Kier molecular flexibility index (Phi) is 2.63. The molecule has 7 heteroatoms. The summed E-state index contributed by atoms with van der Waals surface area (Å²) >= 11 is 1.32. The van der Waals surface area contributed by atoms with E-state index in [1.807, 2.05) is 0 Å². The van der Waals surface area contributed by atoms with Crippen LogP contribution in [-0.4, -0.2) is 49.6 Å². The maximum absolute atomic E-state index is 11.2. The van der Waals surface area contributed by atoms with Gasteiger partial charge in [0.15, 0.2) is 0 Å². The summed E-state index contributed by atoms with van der Waals surface area (Å²) in [6, 6.07) is -0.938. The monoisotopic (exact) mass is 243 g/mol. The fraction of sp³-hybridized carbons (Fsp3) is 0.444. The summed E-state index contributed by atoms with van der Waals surface area (Å²) in [4.78, 5) is 33.9. The van der Waals surface area contributed by atoms with Crippen molar-refractivity contribution in [3.05, 3.63) is 12.2 Å². The molecule has 6 nitrogen and oxygen atoms in total. The fourth-order valence-electron chi connectivity index (χ4n) is 1.85. The molecule has 2 saturated heterocycles. The first-order chi connectivity index (χ1) is 7.50. The molecule has 2 heterocycles. The lowest BCUT2D eigenvalue weighted by atomic mass is 10.1. The van der Waals surface area contributed by atoms with E-state index in [1.54, 1.807) is 0 Å². The molecule has 3 atom stereocenters. The molecule has 0 spiro atoms. The second-order valence-electron chi connectivity index (χ2n) is 3.54. The van der Waals surface area contributed by atoms with Crippen LogP contribution >= 0.6 is 11.8 Å². The van der Waals surface area contributed by atoms with Crippen molar-refractivity contribution in [2.45, 2.75) is 23.1 Å². The van der Waals surface area contributed by atoms with Crippen molar-refractivity contribution in [3.8, 4) is 0 Å². The van der Waals surface area contributed by atoms with Crippen molar-refractivity contribution in [2.24, 2.45) is 0 Å². The highest BCUT2D eigenvalue weighted by Crippen LogP contribution is 2.44. The summed E-state index contributed by atoms with van der Waals surface area (Å²) < 4.78 is 0. The summed E-state index contributed by atoms with van der Waals surface area (Å²) in [6.07, 6.45) is 2.59. The smallest absolute Gasteiger partial charge is 0.328 e. The number of amides is 1. The molecule has 0 aromatic rings. The molecule has 0 bridgehead atoms. The number of hydrogen-bond donors (Lipinski definition) is 2. The minimum absolute atomic E-state index is 0.114. The molecule has 2 N–H and O–H groups in total. The van der Waals surface area contributed by atoms with E-state index in [4.69, 9.17) is 10.2 Å². The van der Waals surface area contributed by atoms with Gasteiger partial charge in [-0.05, 0) is 0 Å². The minimum atomic E-state index is -1.12. The zero-order valence-electron chi connectivity index (χ0n) is 8.07. The fourth-order valence-corrected chi connectivity index (χ4v) is 3.40. The number of carboxylic acid groups (broad SMARTS) is 2. The number of aliphatic carboxylic acids is 2. The molecule has 2 unspecified atom stereocenters. The van der Waals surface area contributed by atoms with Crippen molar-refractivity contribution in [1.29, 1.82) is 0 Å². The standard InChI is InChI=1S/C9H9NO5S/c11-5-3-6-10(5)8(9(14)15)4(16-6)1-2-7(12)13/h1-2,4,6,8H,3H2,(H,12,13)(H,14,15)/t4?,6-,8?/m0/s1. The summed E-state index contributed by atoms with van der Waals surface area (Å²) in [5, 5.41) is 16.9. The second-order valence-corrected chi connectivity index (χ2v) is 4.90. The SMILES string of the molecule is O=C(O)C=CC1S[C@H]2CC(=O)N2C1C(=O)O. The maximum atomic E-state index is 11.2. The zero-order valence-corrected chi connectivity index (χ0v) is 8.88. The first kappa shape index (κ1) is 11.0. The van der Waals surface area contributed by atoms with E-state index in [0.717, 1.165) is 6.08 Å². The lowest BCUT2D eigenvalue weighted by Gasteiger charge is -2.35. The molecular formula is C9H9NO5S. The Morgan fingerprint density at radius 1 is 1.44 bits per heavy atom. The van der Waals surface area contributed by atoms with Crippen molar-refractivity contribution >= 4 is 29.6 Å². The topological polar surface area (TPSA) is 94.9 Å². The van der Waals surface area contributed by atoms with Crippen LogP contribution in [0.25, 0.3) is 0 Å². The molecule has 16 heavy (non-hydrogen) atoms. The lowest BCUT2D eigenvalue weighted by Crippen LogP contribution is -2.55. The number of carboxylic acids is 2. The van der Waals surface area contributed by atoms with Gasteiger partial charge < -0.3 is 15.1 Å². The van der Waals surface area contributed by atoms with Crippen LogP contribution in [0.3, 0.4) is 0 Å². The predicted molar refractivity (Wildman–Crippen MR) is 54.8 cm³/mol. The molecule has 2 aliphatic rings. The van der Waals surface area contributed by atoms with Crippen LogP contribution in [0.15, 0.2) is 12.2 Å². The number of carbonyl (C=O) groups is 3. The highest BCUT2D eigenvalue weighted by molar-refractivity contribution is 8.01. The number of hydrogen-bond acceptors (Lipinski definition) is 4. The van der Waals surface area contributed by atoms with Crippen molar-refractivity contribution < 1.29 is 24.6 Å². The van der Waals surface area contributed by atoms with Crippen LogP contribution in [0, 0.1) is 0 Å². The van der Waals surface area contributed by atoms with Gasteiger partial charge >= 0.3 is 11.9 Å². The predicted octanol–water partition coefficient (Wildman–Crippen LogP) is -0.246. The average Bonchev–Trinajstić information content (AvgIpc) is 2.47. The molecular weight excluding hydrogens is 234 g/mol. The van der Waals surface area contributed by atoms with Gasteiger partial charge in [0, 0.05) is 6.08 Å². The van der Waals surface area contributed by atoms with Crippen molar-refractivity contribution in [1.82, 2.24) is 4.90 Å². The molecule has 2 rings (SSSR count). The second kappa shape index (κ2) is 3.82. The van der Waals surface area contributed by atoms with Gasteiger partial charge in [0.1, 0.15) is 6.04 Å². The molecule has 0 aromatic heterocycles. The van der Waals surface area contributed by atoms with Gasteiger partial charge in [0.2, 0.25) is 5.91 Å². The number of β-lactam (4-membered cyclic amide) rings is 1. The third-order valence-corrected chi connectivity index (χ3v) is 3.99. The zero-order chi connectivity index (χ0) is 11.9. The molecule has 0 aliphatic carbocycles. The number of fused-ring (bicyclic) bond motifs is 1. The lowest BCUT2D eigenvalue weighted by molar-refractivity contribution is -0.155. The van der Waals surface area contributed by atoms with E-state index in [1.165, 1.54) is 22.7 Å². The molecule has 1 amide bonds. The van der Waals surface area contributed by atoms with Gasteiger partial charge in [0.25, 0.3) is 0 Å². The Morgan fingerprint density at radius 3 is 2.62 bits per heavy atom. The summed E-state index contributed by atoms with van der Waals surface area (Å²) in [5.41, 5.74) is 0. The van der Waals surface area contributed by atoms with E-state index in [-0.39, 0.29) is 11.3 Å². The Hall–Kier alpha value is -1.50. The first-order valence-electron chi connectivity index (χ1n) is 4.61. The Morgan fingerprint density at radius 2 is 2.12 bits per heavy atom. The first-order valence-corrected chi connectivity index (χ1v) is 5.55. The van der Waals surface area contributed by atoms with Gasteiger partial charge in [-0.2, -0.15) is 0 Å². The third kappa shape index (κ3) is 1.67. The van der Waals surface area contributed by atoms with Crippen molar-refractivity contribution in [2.75, 3.05) is 0 Å². The number of carbonyl (C=O) groups excluding carboxylic acids is 1. The number of nitrogens with zero attached hydrogens (tertiary/aromatic N) is 1. The normalized spacial score (nSPS) is 32.6. The molecule has 0 radical (unpaired) electrons. The highest BCUT2D eigenvalue weighted by Gasteiger charge is 2.53. The molecule has 0 aromatic carbocycles. The Balaban J connectivity index is 2.17.